The molecule has 0 bridgehead atoms. The van der Waals surface area contributed by atoms with Crippen LogP contribution in [0, 0.1) is 13.8 Å². The minimum Gasteiger partial charge on any atom is -0.339 e. The van der Waals surface area contributed by atoms with Crippen LogP contribution in [0.1, 0.15) is 11.1 Å². The molecule has 0 aliphatic heterocycles. The molecular formula is C18H16N4S. The van der Waals surface area contributed by atoms with Crippen molar-refractivity contribution in [3.05, 3.63) is 65.3 Å². The maximum absolute atomic E-state index is 4.70. The number of nitrogens with one attached hydrogen (secondary N) is 1. The Labute approximate surface area is 138 Å². The average molecular weight is 320 g/mol. The van der Waals surface area contributed by atoms with Crippen molar-refractivity contribution in [2.75, 3.05) is 5.32 Å². The van der Waals surface area contributed by atoms with Gasteiger partial charge in [0.15, 0.2) is 0 Å². The van der Waals surface area contributed by atoms with E-state index in [9.17, 15) is 0 Å². The fourth-order valence-electron chi connectivity index (χ4n) is 2.67. The fraction of sp³-hybridized carbons (Fsp3) is 0.111. The van der Waals surface area contributed by atoms with E-state index in [0.717, 1.165) is 22.1 Å². The molecule has 0 saturated heterocycles. The highest BCUT2D eigenvalue weighted by atomic mass is 32.1. The van der Waals surface area contributed by atoms with Gasteiger partial charge < -0.3 is 5.32 Å². The first-order chi connectivity index (χ1) is 11.2. The zero-order valence-electron chi connectivity index (χ0n) is 12.9. The molecule has 1 aromatic carbocycles. The number of benzene rings is 1. The number of thiophene rings is 1. The quantitative estimate of drug-likeness (QED) is 0.588. The number of imidazole rings is 1. The van der Waals surface area contributed by atoms with E-state index in [1.54, 1.807) is 17.5 Å². The highest BCUT2D eigenvalue weighted by Gasteiger charge is 2.16. The van der Waals surface area contributed by atoms with E-state index in [2.05, 4.69) is 53.8 Å². The number of fused-ring (bicyclic) bond motifs is 1. The van der Waals surface area contributed by atoms with E-state index < -0.39 is 0 Å². The second-order valence-corrected chi connectivity index (χ2v) is 6.47. The van der Waals surface area contributed by atoms with Gasteiger partial charge in [-0.25, -0.2) is 9.97 Å². The van der Waals surface area contributed by atoms with Crippen LogP contribution in [-0.2, 0) is 0 Å². The van der Waals surface area contributed by atoms with Crippen molar-refractivity contribution in [1.82, 2.24) is 14.4 Å². The smallest absolute Gasteiger partial charge is 0.236 e. The van der Waals surface area contributed by atoms with Crippen molar-refractivity contribution in [1.29, 1.82) is 0 Å². The summed E-state index contributed by atoms with van der Waals surface area (Å²) in [6.45, 7) is 4.22. The SMILES string of the molecule is Cc1ccc(Nc2c(-c3cccs3)nc3ncccn23)c(C)c1. The van der Waals surface area contributed by atoms with Crippen molar-refractivity contribution in [3.8, 4) is 10.6 Å². The Morgan fingerprint density at radius 3 is 2.83 bits per heavy atom. The molecule has 3 aromatic heterocycles. The molecule has 114 valence electrons. The number of hydrogen-bond donors (Lipinski definition) is 1. The Balaban J connectivity index is 1.89. The Morgan fingerprint density at radius 1 is 1.13 bits per heavy atom. The van der Waals surface area contributed by atoms with E-state index in [1.807, 2.05) is 22.7 Å². The predicted octanol–water partition coefficient (Wildman–Crippen LogP) is 4.82. The van der Waals surface area contributed by atoms with E-state index in [0.29, 0.717) is 5.78 Å². The third kappa shape index (κ3) is 2.49. The first-order valence-corrected chi connectivity index (χ1v) is 8.31. The fourth-order valence-corrected chi connectivity index (χ4v) is 3.39. The maximum Gasteiger partial charge on any atom is 0.236 e. The molecule has 3 heterocycles. The van der Waals surface area contributed by atoms with Gasteiger partial charge in [-0.3, -0.25) is 4.40 Å². The highest BCUT2D eigenvalue weighted by molar-refractivity contribution is 7.13. The second kappa shape index (κ2) is 5.52. The summed E-state index contributed by atoms with van der Waals surface area (Å²) in [5.41, 5.74) is 4.48. The van der Waals surface area contributed by atoms with Crippen LogP contribution in [0.2, 0.25) is 0 Å². The first kappa shape index (κ1) is 14.0. The van der Waals surface area contributed by atoms with Crippen molar-refractivity contribution in [2.45, 2.75) is 13.8 Å². The van der Waals surface area contributed by atoms with Gasteiger partial charge in [0, 0.05) is 18.1 Å². The van der Waals surface area contributed by atoms with Gasteiger partial charge in [-0.2, -0.15) is 0 Å². The normalized spacial score (nSPS) is 11.0. The average Bonchev–Trinajstić information content (AvgIpc) is 3.18. The number of aryl methyl sites for hydroxylation is 2. The monoisotopic (exact) mass is 320 g/mol. The molecule has 4 nitrogen and oxygen atoms in total. The van der Waals surface area contributed by atoms with Crippen LogP contribution in [0.4, 0.5) is 11.5 Å². The maximum atomic E-state index is 4.70. The molecule has 0 saturated carbocycles. The number of nitrogens with zero attached hydrogens (tertiary/aromatic N) is 3. The Bertz CT molecular complexity index is 970. The summed E-state index contributed by atoms with van der Waals surface area (Å²) >= 11 is 1.68. The molecule has 0 spiro atoms. The van der Waals surface area contributed by atoms with Crippen LogP contribution in [0.5, 0.6) is 0 Å². The predicted molar refractivity (Wildman–Crippen MR) is 95.5 cm³/mol. The van der Waals surface area contributed by atoms with Crippen LogP contribution in [0.25, 0.3) is 16.3 Å². The van der Waals surface area contributed by atoms with Crippen LogP contribution in [0.15, 0.2) is 54.2 Å². The summed E-state index contributed by atoms with van der Waals surface area (Å²) in [4.78, 5) is 10.2. The molecule has 0 amide bonds. The Kier molecular flexibility index (Phi) is 3.35. The molecule has 4 aromatic rings. The van der Waals surface area contributed by atoms with Crippen LogP contribution in [0.3, 0.4) is 0 Å². The summed E-state index contributed by atoms with van der Waals surface area (Å²) < 4.78 is 1.99. The minimum atomic E-state index is 0.697. The zero-order valence-corrected chi connectivity index (χ0v) is 13.8. The lowest BCUT2D eigenvalue weighted by atomic mass is 10.1. The highest BCUT2D eigenvalue weighted by Crippen LogP contribution is 2.34. The topological polar surface area (TPSA) is 42.2 Å². The molecule has 23 heavy (non-hydrogen) atoms. The van der Waals surface area contributed by atoms with E-state index in [4.69, 9.17) is 4.98 Å². The lowest BCUT2D eigenvalue weighted by molar-refractivity contribution is 1.11. The van der Waals surface area contributed by atoms with Crippen molar-refractivity contribution in [2.24, 2.45) is 0 Å². The molecular weight excluding hydrogens is 304 g/mol. The number of aromatic nitrogens is 3. The zero-order chi connectivity index (χ0) is 15.8. The molecule has 4 rings (SSSR count). The molecule has 0 aliphatic carbocycles. The van der Waals surface area contributed by atoms with Crippen LogP contribution in [-0.4, -0.2) is 14.4 Å². The second-order valence-electron chi connectivity index (χ2n) is 5.52. The lowest BCUT2D eigenvalue weighted by Gasteiger charge is -2.11. The van der Waals surface area contributed by atoms with Crippen molar-refractivity contribution >= 4 is 28.6 Å². The minimum absolute atomic E-state index is 0.697. The number of rotatable bonds is 3. The molecule has 0 unspecified atom stereocenters. The van der Waals surface area contributed by atoms with Gasteiger partial charge in [-0.1, -0.05) is 23.8 Å². The third-order valence-corrected chi connectivity index (χ3v) is 4.67. The summed E-state index contributed by atoms with van der Waals surface area (Å²) in [6.07, 6.45) is 3.75. The summed E-state index contributed by atoms with van der Waals surface area (Å²) in [6, 6.07) is 12.4. The standard InChI is InChI=1S/C18H16N4S/c1-12-6-7-14(13(2)11-12)20-17-16(15-5-3-10-23-15)21-18-19-8-4-9-22(17)18/h3-11,20H,1-2H3. The summed E-state index contributed by atoms with van der Waals surface area (Å²) in [7, 11) is 0. The van der Waals surface area contributed by atoms with Crippen LogP contribution >= 0.6 is 11.3 Å². The van der Waals surface area contributed by atoms with Gasteiger partial charge in [0.1, 0.15) is 11.5 Å². The van der Waals surface area contributed by atoms with Gasteiger partial charge in [-0.15, -0.1) is 11.3 Å². The first-order valence-electron chi connectivity index (χ1n) is 7.43. The molecule has 0 fully saturated rings. The molecule has 1 N–H and O–H groups in total. The van der Waals surface area contributed by atoms with Crippen molar-refractivity contribution in [3.63, 3.8) is 0 Å². The van der Waals surface area contributed by atoms with Gasteiger partial charge in [0.25, 0.3) is 0 Å². The molecule has 0 atom stereocenters. The van der Waals surface area contributed by atoms with E-state index in [1.165, 1.54) is 11.1 Å². The number of hydrogen-bond acceptors (Lipinski definition) is 4. The van der Waals surface area contributed by atoms with Crippen LogP contribution < -0.4 is 5.32 Å². The number of anilines is 2. The Morgan fingerprint density at radius 2 is 2.04 bits per heavy atom. The van der Waals surface area contributed by atoms with E-state index in [-0.39, 0.29) is 0 Å². The van der Waals surface area contributed by atoms with Gasteiger partial charge in [-0.05, 0) is 43.0 Å². The van der Waals surface area contributed by atoms with Gasteiger partial charge >= 0.3 is 0 Å². The molecule has 5 heteroatoms. The Hall–Kier alpha value is -2.66. The van der Waals surface area contributed by atoms with Gasteiger partial charge in [0.05, 0.1) is 4.88 Å². The third-order valence-electron chi connectivity index (χ3n) is 3.79. The molecule has 0 radical (unpaired) electrons. The summed E-state index contributed by atoms with van der Waals surface area (Å²) in [5, 5.41) is 5.61. The lowest BCUT2D eigenvalue weighted by Crippen LogP contribution is -1.99. The molecule has 0 aliphatic rings. The summed E-state index contributed by atoms with van der Waals surface area (Å²) in [5.74, 6) is 1.64. The van der Waals surface area contributed by atoms with Gasteiger partial charge in [0.2, 0.25) is 5.78 Å². The van der Waals surface area contributed by atoms with Crippen molar-refractivity contribution < 1.29 is 0 Å². The van der Waals surface area contributed by atoms with E-state index >= 15 is 0 Å². The largest absolute Gasteiger partial charge is 0.339 e.